The zero-order chi connectivity index (χ0) is 16.5. The third-order valence-electron chi connectivity index (χ3n) is 2.56. The Morgan fingerprint density at radius 2 is 1.48 bits per heavy atom. The van der Waals surface area contributed by atoms with E-state index in [2.05, 4.69) is 4.74 Å². The largest absolute Gasteiger partial charge is 0.460 e. The van der Waals surface area contributed by atoms with E-state index in [1.165, 1.54) is 24.3 Å². The maximum atomic E-state index is 13.0. The summed E-state index contributed by atoms with van der Waals surface area (Å²) >= 11 is 0. The molecule has 21 heavy (non-hydrogen) atoms. The monoisotopic (exact) mass is 318 g/mol. The second-order valence-corrected chi connectivity index (χ2v) is 4.10. The zero-order valence-electron chi connectivity index (χ0n) is 10.4. The van der Waals surface area contributed by atoms with E-state index in [0.29, 0.717) is 0 Å². The molecule has 1 rings (SSSR count). The van der Waals surface area contributed by atoms with Gasteiger partial charge in [-0.2, -0.15) is 30.7 Å². The fourth-order valence-electron chi connectivity index (χ4n) is 1.33. The fourth-order valence-corrected chi connectivity index (χ4v) is 1.33. The van der Waals surface area contributed by atoms with Crippen LogP contribution in [0.4, 0.5) is 30.7 Å². The van der Waals surface area contributed by atoms with Crippen molar-refractivity contribution in [1.29, 1.82) is 0 Å². The lowest BCUT2D eigenvalue weighted by molar-refractivity contribution is -0.349. The van der Waals surface area contributed by atoms with E-state index < -0.39 is 30.1 Å². The Morgan fingerprint density at radius 1 is 1.00 bits per heavy atom. The van der Waals surface area contributed by atoms with Crippen LogP contribution in [0.25, 0.3) is 0 Å². The van der Waals surface area contributed by atoms with Gasteiger partial charge in [-0.1, -0.05) is 30.3 Å². The van der Waals surface area contributed by atoms with Gasteiger partial charge < -0.3 is 4.74 Å². The molecule has 0 fully saturated rings. The van der Waals surface area contributed by atoms with Crippen molar-refractivity contribution >= 4 is 5.97 Å². The van der Waals surface area contributed by atoms with E-state index in [1.807, 2.05) is 0 Å². The minimum atomic E-state index is -6.58. The van der Waals surface area contributed by atoms with Crippen LogP contribution in [-0.2, 0) is 9.53 Å². The maximum Gasteiger partial charge on any atom is 0.460 e. The molecule has 0 aliphatic rings. The van der Waals surface area contributed by atoms with Gasteiger partial charge in [0.25, 0.3) is 0 Å². The molecule has 0 heterocycles. The summed E-state index contributed by atoms with van der Waals surface area (Å²) in [5, 5.41) is 0. The van der Waals surface area contributed by atoms with Gasteiger partial charge in [-0.25, -0.2) is 4.79 Å². The highest BCUT2D eigenvalue weighted by Gasteiger charge is 2.77. The summed E-state index contributed by atoms with van der Waals surface area (Å²) < 4.78 is 91.1. The highest BCUT2D eigenvalue weighted by molar-refractivity contribution is 5.79. The predicted molar refractivity (Wildman–Crippen MR) is 56.9 cm³/mol. The molecule has 0 N–H and O–H groups in total. The molecule has 118 valence electrons. The van der Waals surface area contributed by atoms with Crippen LogP contribution in [0.15, 0.2) is 30.3 Å². The summed E-state index contributed by atoms with van der Waals surface area (Å²) in [7, 11) is 0. The van der Waals surface area contributed by atoms with E-state index in [-0.39, 0.29) is 5.56 Å². The number of hydrogen-bond acceptors (Lipinski definition) is 2. The lowest BCUT2D eigenvalue weighted by Crippen LogP contribution is -2.56. The smallest absolute Gasteiger partial charge is 0.453 e. The molecular weight excluding hydrogens is 309 g/mol. The molecule has 1 atom stereocenters. The van der Waals surface area contributed by atoms with Crippen LogP contribution in [0.5, 0.6) is 0 Å². The number of carbonyl (C=O) groups is 1. The van der Waals surface area contributed by atoms with Crippen molar-refractivity contribution in [2.75, 3.05) is 0 Å². The molecule has 0 saturated carbocycles. The van der Waals surface area contributed by atoms with E-state index in [0.717, 1.165) is 6.92 Å². The van der Waals surface area contributed by atoms with Crippen molar-refractivity contribution in [3.05, 3.63) is 35.9 Å². The molecule has 1 aromatic carbocycles. The van der Waals surface area contributed by atoms with E-state index in [9.17, 15) is 35.5 Å². The van der Waals surface area contributed by atoms with Gasteiger partial charge in [0.2, 0.25) is 0 Å². The molecule has 2 nitrogen and oxygen atoms in total. The van der Waals surface area contributed by atoms with E-state index in [4.69, 9.17) is 0 Å². The standard InChI is InChI=1S/C12H9F7O2/c1-7(8-5-3-2-4-6-8)21-9(20)10(13,14)11(15,16)12(17,18)19/h2-7H,1H3. The second-order valence-electron chi connectivity index (χ2n) is 4.10. The van der Waals surface area contributed by atoms with Gasteiger partial charge in [-0.05, 0) is 12.5 Å². The number of hydrogen-bond donors (Lipinski definition) is 0. The molecular formula is C12H9F7O2. The summed E-state index contributed by atoms with van der Waals surface area (Å²) in [6.45, 7) is 1.06. The molecule has 0 spiro atoms. The van der Waals surface area contributed by atoms with Crippen LogP contribution in [0.2, 0.25) is 0 Å². The number of alkyl halides is 7. The molecule has 0 bridgehead atoms. The van der Waals surface area contributed by atoms with Gasteiger partial charge in [-0.15, -0.1) is 0 Å². The number of benzene rings is 1. The molecule has 0 saturated heterocycles. The van der Waals surface area contributed by atoms with Crippen molar-refractivity contribution in [2.45, 2.75) is 31.0 Å². The van der Waals surface area contributed by atoms with Crippen LogP contribution in [0, 0.1) is 0 Å². The van der Waals surface area contributed by atoms with Gasteiger partial charge in [0.15, 0.2) is 0 Å². The molecule has 0 amide bonds. The Bertz CT molecular complexity index is 496. The number of halogens is 7. The third-order valence-corrected chi connectivity index (χ3v) is 2.56. The first-order chi connectivity index (χ1) is 9.41. The topological polar surface area (TPSA) is 26.3 Å². The van der Waals surface area contributed by atoms with Crippen LogP contribution >= 0.6 is 0 Å². The number of rotatable bonds is 4. The maximum absolute atomic E-state index is 13.0. The van der Waals surface area contributed by atoms with Gasteiger partial charge in [0, 0.05) is 0 Å². The molecule has 9 heteroatoms. The summed E-state index contributed by atoms with van der Waals surface area (Å²) in [6.07, 6.45) is -7.99. The predicted octanol–water partition coefficient (Wildman–Crippen LogP) is 4.12. The van der Waals surface area contributed by atoms with Crippen LogP contribution in [0.1, 0.15) is 18.6 Å². The van der Waals surface area contributed by atoms with Crippen LogP contribution < -0.4 is 0 Å². The van der Waals surface area contributed by atoms with Gasteiger partial charge in [0.1, 0.15) is 6.10 Å². The fraction of sp³-hybridized carbons (Fsp3) is 0.417. The molecule has 0 aliphatic carbocycles. The number of esters is 1. The minimum Gasteiger partial charge on any atom is -0.453 e. The van der Waals surface area contributed by atoms with Crippen LogP contribution in [0.3, 0.4) is 0 Å². The van der Waals surface area contributed by atoms with Crippen molar-refractivity contribution in [3.8, 4) is 0 Å². The van der Waals surface area contributed by atoms with Gasteiger partial charge in [-0.3, -0.25) is 0 Å². The normalized spacial score (nSPS) is 14.7. The lowest BCUT2D eigenvalue weighted by Gasteiger charge is -2.27. The average molecular weight is 318 g/mol. The minimum absolute atomic E-state index is 0.164. The Hall–Kier alpha value is -1.80. The Balaban J connectivity index is 2.93. The third kappa shape index (κ3) is 3.27. The van der Waals surface area contributed by atoms with E-state index >= 15 is 0 Å². The molecule has 0 radical (unpaired) electrons. The average Bonchev–Trinajstić information content (AvgIpc) is 2.38. The first-order valence-corrected chi connectivity index (χ1v) is 5.49. The highest BCUT2D eigenvalue weighted by Crippen LogP contribution is 2.47. The second kappa shape index (κ2) is 5.53. The molecule has 1 aromatic rings. The summed E-state index contributed by atoms with van der Waals surface area (Å²) in [6, 6.07) is 7.10. The van der Waals surface area contributed by atoms with E-state index in [1.54, 1.807) is 6.07 Å². The van der Waals surface area contributed by atoms with Crippen molar-refractivity contribution in [3.63, 3.8) is 0 Å². The first-order valence-electron chi connectivity index (χ1n) is 5.49. The molecule has 0 aromatic heterocycles. The Morgan fingerprint density at radius 3 is 1.90 bits per heavy atom. The van der Waals surface area contributed by atoms with Crippen LogP contribution in [-0.4, -0.2) is 24.0 Å². The van der Waals surface area contributed by atoms with Crippen molar-refractivity contribution < 1.29 is 40.3 Å². The molecule has 0 aliphatic heterocycles. The Kier molecular flexibility index (Phi) is 4.54. The summed E-state index contributed by atoms with van der Waals surface area (Å²) in [5.41, 5.74) is 0.164. The quantitative estimate of drug-likeness (QED) is 0.616. The van der Waals surface area contributed by atoms with Gasteiger partial charge in [0.05, 0.1) is 0 Å². The zero-order valence-corrected chi connectivity index (χ0v) is 10.4. The Labute approximate surface area is 114 Å². The van der Waals surface area contributed by atoms with Gasteiger partial charge >= 0.3 is 24.0 Å². The first kappa shape index (κ1) is 17.3. The summed E-state index contributed by atoms with van der Waals surface area (Å²) in [5.74, 6) is -15.5. The number of ether oxygens (including phenoxy) is 1. The highest BCUT2D eigenvalue weighted by atomic mass is 19.4. The SMILES string of the molecule is CC(OC(=O)C(F)(F)C(F)(F)C(F)(F)F)c1ccccc1. The lowest BCUT2D eigenvalue weighted by atomic mass is 10.1. The molecule has 1 unspecified atom stereocenters. The van der Waals surface area contributed by atoms with Crippen molar-refractivity contribution in [1.82, 2.24) is 0 Å². The summed E-state index contributed by atoms with van der Waals surface area (Å²) in [4.78, 5) is 11.0. The van der Waals surface area contributed by atoms with Crippen molar-refractivity contribution in [2.24, 2.45) is 0 Å². The number of carbonyl (C=O) groups excluding carboxylic acids is 1.